The fourth-order valence-electron chi connectivity index (χ4n) is 2.85. The number of aromatic nitrogens is 3. The Morgan fingerprint density at radius 2 is 1.97 bits per heavy atom. The zero-order valence-electron chi connectivity index (χ0n) is 15.0. The fourth-order valence-corrected chi connectivity index (χ4v) is 2.85. The molecule has 2 aromatic heterocycles. The van der Waals surface area contributed by atoms with Crippen LogP contribution in [0.3, 0.4) is 0 Å². The molecule has 0 aliphatic carbocycles. The summed E-state index contributed by atoms with van der Waals surface area (Å²) in [4.78, 5) is 21.0. The summed E-state index contributed by atoms with van der Waals surface area (Å²) in [6, 6.07) is 8.89. The zero-order valence-corrected chi connectivity index (χ0v) is 15.0. The highest BCUT2D eigenvalue weighted by atomic mass is 19.2. The normalized spacial score (nSPS) is 10.9. The van der Waals surface area contributed by atoms with E-state index >= 15 is 0 Å². The van der Waals surface area contributed by atoms with Crippen LogP contribution in [0.4, 0.5) is 18.9 Å². The van der Waals surface area contributed by atoms with Crippen molar-refractivity contribution in [3.8, 4) is 17.0 Å². The number of hydrogen-bond donors (Lipinski definition) is 1. The number of amides is 1. The van der Waals surface area contributed by atoms with Crippen LogP contribution in [0.2, 0.25) is 0 Å². The summed E-state index contributed by atoms with van der Waals surface area (Å²) < 4.78 is 47.8. The molecule has 6 nitrogen and oxygen atoms in total. The van der Waals surface area contributed by atoms with E-state index < -0.39 is 34.7 Å². The van der Waals surface area contributed by atoms with Crippen molar-refractivity contribution >= 4 is 17.4 Å². The predicted octanol–water partition coefficient (Wildman–Crippen LogP) is 4.07. The first kappa shape index (κ1) is 18.5. The van der Waals surface area contributed by atoms with Gasteiger partial charge >= 0.3 is 0 Å². The number of nitrogens with zero attached hydrogens (tertiary/aromatic N) is 3. The van der Waals surface area contributed by atoms with Crippen LogP contribution in [-0.2, 0) is 0 Å². The molecule has 0 bridgehead atoms. The number of anilines is 1. The van der Waals surface area contributed by atoms with Crippen molar-refractivity contribution in [2.75, 3.05) is 12.4 Å². The summed E-state index contributed by atoms with van der Waals surface area (Å²) in [6.07, 6.45) is 5.18. The molecule has 0 aliphatic heterocycles. The molecular formula is C20H13F3N4O2. The third-order valence-corrected chi connectivity index (χ3v) is 4.22. The zero-order chi connectivity index (χ0) is 20.5. The molecule has 0 aliphatic rings. The summed E-state index contributed by atoms with van der Waals surface area (Å²) in [5.74, 6) is -5.57. The number of hydrogen-bond acceptors (Lipinski definition) is 4. The minimum atomic E-state index is -1.50. The maximum atomic E-state index is 14.3. The van der Waals surface area contributed by atoms with Crippen molar-refractivity contribution < 1.29 is 22.7 Å². The van der Waals surface area contributed by atoms with Crippen LogP contribution < -0.4 is 10.1 Å². The third kappa shape index (κ3) is 3.38. The van der Waals surface area contributed by atoms with E-state index in [0.29, 0.717) is 28.8 Å². The molecule has 0 unspecified atom stereocenters. The maximum absolute atomic E-state index is 14.3. The Labute approximate surface area is 162 Å². The van der Waals surface area contributed by atoms with Crippen molar-refractivity contribution in [3.63, 3.8) is 0 Å². The summed E-state index contributed by atoms with van der Waals surface area (Å²) >= 11 is 0. The smallest absolute Gasteiger partial charge is 0.258 e. The quantitative estimate of drug-likeness (QED) is 0.526. The van der Waals surface area contributed by atoms with E-state index in [1.165, 1.54) is 0 Å². The van der Waals surface area contributed by atoms with Gasteiger partial charge in [0.2, 0.25) is 11.6 Å². The van der Waals surface area contributed by atoms with E-state index in [2.05, 4.69) is 20.0 Å². The lowest BCUT2D eigenvalue weighted by Crippen LogP contribution is -2.15. The van der Waals surface area contributed by atoms with Crippen molar-refractivity contribution in [2.24, 2.45) is 0 Å². The molecule has 0 spiro atoms. The van der Waals surface area contributed by atoms with Crippen molar-refractivity contribution in [2.45, 2.75) is 0 Å². The Bertz CT molecular complexity index is 1210. The fraction of sp³-hybridized carbons (Fsp3) is 0.0500. The lowest BCUT2D eigenvalue weighted by Gasteiger charge is -2.10. The molecule has 146 valence electrons. The Morgan fingerprint density at radius 3 is 2.72 bits per heavy atom. The molecule has 0 fully saturated rings. The molecule has 0 saturated carbocycles. The number of nitrogens with one attached hydrogen (secondary N) is 1. The second-order valence-electron chi connectivity index (χ2n) is 6.06. The van der Waals surface area contributed by atoms with Crippen LogP contribution in [0.15, 0.2) is 55.0 Å². The molecular weight excluding hydrogens is 385 g/mol. The van der Waals surface area contributed by atoms with Gasteiger partial charge in [-0.05, 0) is 24.3 Å². The summed E-state index contributed by atoms with van der Waals surface area (Å²) in [6.45, 7) is 0. The Kier molecular flexibility index (Phi) is 4.63. The first-order chi connectivity index (χ1) is 14.0. The van der Waals surface area contributed by atoms with Gasteiger partial charge in [0.15, 0.2) is 17.4 Å². The number of ether oxygens (including phenoxy) is 1. The monoisotopic (exact) mass is 398 g/mol. The van der Waals surface area contributed by atoms with Crippen molar-refractivity contribution in [1.29, 1.82) is 0 Å². The lowest BCUT2D eigenvalue weighted by atomic mass is 10.1. The van der Waals surface area contributed by atoms with Gasteiger partial charge in [-0.25, -0.2) is 18.7 Å². The van der Waals surface area contributed by atoms with Crippen LogP contribution in [0.1, 0.15) is 10.4 Å². The standard InChI is InChI=1S/C20H13F3N4O2/c1-29-18-16(22)13(9-14(21)17(18)23)19(28)25-12-5-2-4-11(8-12)15-10-27-7-3-6-24-20(27)26-15/h2-10H,1H3,(H,25,28). The van der Waals surface area contributed by atoms with Gasteiger partial charge in [0.1, 0.15) is 0 Å². The molecule has 4 aromatic rings. The lowest BCUT2D eigenvalue weighted by molar-refractivity contribution is 0.102. The number of rotatable bonds is 4. The van der Waals surface area contributed by atoms with E-state index in [0.717, 1.165) is 7.11 Å². The maximum Gasteiger partial charge on any atom is 0.258 e. The minimum Gasteiger partial charge on any atom is -0.491 e. The third-order valence-electron chi connectivity index (χ3n) is 4.22. The average Bonchev–Trinajstić information content (AvgIpc) is 3.16. The first-order valence-corrected chi connectivity index (χ1v) is 8.41. The summed E-state index contributed by atoms with van der Waals surface area (Å²) in [7, 11) is 0.982. The van der Waals surface area contributed by atoms with Crippen LogP contribution in [0, 0.1) is 17.5 Å². The van der Waals surface area contributed by atoms with Crippen LogP contribution in [0.25, 0.3) is 17.0 Å². The van der Waals surface area contributed by atoms with Gasteiger partial charge in [0, 0.05) is 29.8 Å². The van der Waals surface area contributed by atoms with Crippen LogP contribution >= 0.6 is 0 Å². The number of halogens is 3. The van der Waals surface area contributed by atoms with Gasteiger partial charge < -0.3 is 10.1 Å². The highest BCUT2D eigenvalue weighted by molar-refractivity contribution is 6.05. The molecule has 9 heteroatoms. The summed E-state index contributed by atoms with van der Waals surface area (Å²) in [5, 5.41) is 2.47. The molecule has 29 heavy (non-hydrogen) atoms. The molecule has 0 radical (unpaired) electrons. The molecule has 0 atom stereocenters. The Hall–Kier alpha value is -3.88. The molecule has 0 saturated heterocycles. The Balaban J connectivity index is 1.65. The van der Waals surface area contributed by atoms with E-state index in [1.54, 1.807) is 53.3 Å². The number of methoxy groups -OCH3 is 1. The molecule has 4 rings (SSSR count). The molecule has 1 amide bonds. The molecule has 2 heterocycles. The Morgan fingerprint density at radius 1 is 1.14 bits per heavy atom. The highest BCUT2D eigenvalue weighted by Gasteiger charge is 2.23. The van der Waals surface area contributed by atoms with Gasteiger partial charge in [-0.1, -0.05) is 12.1 Å². The minimum absolute atomic E-state index is 0.320. The van der Waals surface area contributed by atoms with E-state index in [9.17, 15) is 18.0 Å². The van der Waals surface area contributed by atoms with Gasteiger partial charge in [-0.15, -0.1) is 0 Å². The highest BCUT2D eigenvalue weighted by Crippen LogP contribution is 2.28. The van der Waals surface area contributed by atoms with E-state index in [-0.39, 0.29) is 0 Å². The van der Waals surface area contributed by atoms with Crippen molar-refractivity contribution in [3.05, 3.63) is 78.0 Å². The number of carbonyl (C=O) groups is 1. The van der Waals surface area contributed by atoms with Crippen LogP contribution in [0.5, 0.6) is 5.75 Å². The number of benzene rings is 2. The van der Waals surface area contributed by atoms with Crippen molar-refractivity contribution in [1.82, 2.24) is 14.4 Å². The largest absolute Gasteiger partial charge is 0.491 e. The SMILES string of the molecule is COc1c(F)c(F)cc(C(=O)Nc2cccc(-c3cn4cccnc4n3)c2)c1F. The second-order valence-corrected chi connectivity index (χ2v) is 6.06. The summed E-state index contributed by atoms with van der Waals surface area (Å²) in [5.41, 5.74) is 0.931. The first-order valence-electron chi connectivity index (χ1n) is 8.41. The number of fused-ring (bicyclic) bond motifs is 1. The predicted molar refractivity (Wildman–Crippen MR) is 99.2 cm³/mol. The van der Waals surface area contributed by atoms with Gasteiger partial charge in [-0.3, -0.25) is 9.20 Å². The molecule has 1 N–H and O–H groups in total. The topological polar surface area (TPSA) is 68.5 Å². The molecule has 2 aromatic carbocycles. The number of carbonyl (C=O) groups excluding carboxylic acids is 1. The second kappa shape index (κ2) is 7.27. The number of imidazole rings is 1. The van der Waals surface area contributed by atoms with E-state index in [4.69, 9.17) is 0 Å². The van der Waals surface area contributed by atoms with Crippen LogP contribution in [-0.4, -0.2) is 27.4 Å². The van der Waals surface area contributed by atoms with Gasteiger partial charge in [-0.2, -0.15) is 4.39 Å². The van der Waals surface area contributed by atoms with Gasteiger partial charge in [0.25, 0.3) is 5.91 Å². The van der Waals surface area contributed by atoms with E-state index in [1.807, 2.05) is 0 Å². The van der Waals surface area contributed by atoms with Gasteiger partial charge in [0.05, 0.1) is 18.4 Å². The average molecular weight is 398 g/mol.